The minimum atomic E-state index is -3.19. The highest BCUT2D eigenvalue weighted by molar-refractivity contribution is 6.31. The number of carbonyl (C=O) groups excluding carboxylic acids is 1. The van der Waals surface area contributed by atoms with Crippen LogP contribution in [0.4, 0.5) is 18.9 Å². The maximum Gasteiger partial charge on any atom is 0.387 e. The van der Waals surface area contributed by atoms with Crippen molar-refractivity contribution < 1.29 is 22.7 Å². The van der Waals surface area contributed by atoms with Gasteiger partial charge in [0.15, 0.2) is 5.82 Å². The molecule has 0 radical (unpaired) electrons. The molecule has 11 heteroatoms. The first-order valence-corrected chi connectivity index (χ1v) is 7.39. The van der Waals surface area contributed by atoms with Gasteiger partial charge in [-0.05, 0) is 12.1 Å². The van der Waals surface area contributed by atoms with Gasteiger partial charge < -0.3 is 10.1 Å². The van der Waals surface area contributed by atoms with Crippen molar-refractivity contribution in [1.29, 1.82) is 0 Å². The number of nitrogens with one attached hydrogen (secondary N) is 2. The Morgan fingerprint density at radius 3 is 2.77 bits per heavy atom. The summed E-state index contributed by atoms with van der Waals surface area (Å²) in [5.74, 6) is -2.16. The van der Waals surface area contributed by atoms with Gasteiger partial charge in [-0.2, -0.15) is 13.9 Å². The third-order valence-corrected chi connectivity index (χ3v) is 3.44. The SMILES string of the molecule is O=C(Nc1cn[nH]c1)c1cncc(-c2c(OC(F)F)ccc(Cl)c2F)n1. The molecular formula is C15H9ClF3N5O2. The fraction of sp³-hybridized carbons (Fsp3) is 0.0667. The van der Waals surface area contributed by atoms with Gasteiger partial charge in [0.1, 0.15) is 11.4 Å². The molecule has 2 heterocycles. The number of anilines is 1. The van der Waals surface area contributed by atoms with Crippen LogP contribution >= 0.6 is 11.6 Å². The van der Waals surface area contributed by atoms with Gasteiger partial charge in [0, 0.05) is 6.20 Å². The Labute approximate surface area is 149 Å². The van der Waals surface area contributed by atoms with E-state index in [9.17, 15) is 18.0 Å². The summed E-state index contributed by atoms with van der Waals surface area (Å²) in [6.45, 7) is -3.19. The van der Waals surface area contributed by atoms with E-state index in [1.54, 1.807) is 0 Å². The molecule has 134 valence electrons. The molecule has 0 fully saturated rings. The molecule has 0 aliphatic carbocycles. The predicted octanol–water partition coefficient (Wildman–Crippen LogP) is 3.51. The summed E-state index contributed by atoms with van der Waals surface area (Å²) in [5, 5.41) is 8.34. The van der Waals surface area contributed by atoms with Crippen LogP contribution in [0.25, 0.3) is 11.3 Å². The Hall–Kier alpha value is -3.14. The second kappa shape index (κ2) is 7.40. The predicted molar refractivity (Wildman–Crippen MR) is 85.6 cm³/mol. The summed E-state index contributed by atoms with van der Waals surface area (Å²) < 4.78 is 43.9. The number of rotatable bonds is 5. The number of amides is 1. The number of aromatic amines is 1. The highest BCUT2D eigenvalue weighted by Gasteiger charge is 2.21. The Balaban J connectivity index is 2.00. The first-order valence-electron chi connectivity index (χ1n) is 7.01. The Kier molecular flexibility index (Phi) is 5.03. The second-order valence-corrected chi connectivity index (χ2v) is 5.25. The van der Waals surface area contributed by atoms with Crippen molar-refractivity contribution in [3.63, 3.8) is 0 Å². The molecule has 0 unspecified atom stereocenters. The second-order valence-electron chi connectivity index (χ2n) is 4.84. The molecule has 7 nitrogen and oxygen atoms in total. The van der Waals surface area contributed by atoms with Crippen LogP contribution in [-0.4, -0.2) is 32.7 Å². The number of hydrogen-bond acceptors (Lipinski definition) is 5. The minimum Gasteiger partial charge on any atom is -0.434 e. The molecule has 0 spiro atoms. The fourth-order valence-corrected chi connectivity index (χ4v) is 2.23. The summed E-state index contributed by atoms with van der Waals surface area (Å²) >= 11 is 5.71. The van der Waals surface area contributed by atoms with Gasteiger partial charge in [0.25, 0.3) is 5.91 Å². The third-order valence-electron chi connectivity index (χ3n) is 3.15. The Morgan fingerprint density at radius 1 is 1.27 bits per heavy atom. The first-order chi connectivity index (χ1) is 12.5. The van der Waals surface area contributed by atoms with Crippen LogP contribution in [0.5, 0.6) is 5.75 Å². The normalized spacial score (nSPS) is 10.8. The molecule has 0 aliphatic heterocycles. The molecule has 0 bridgehead atoms. The van der Waals surface area contributed by atoms with E-state index in [0.717, 1.165) is 24.5 Å². The van der Waals surface area contributed by atoms with Gasteiger partial charge in [0.05, 0.1) is 40.6 Å². The molecule has 1 amide bonds. The molecule has 26 heavy (non-hydrogen) atoms. The number of aromatic nitrogens is 4. The number of halogens is 4. The van der Waals surface area contributed by atoms with Gasteiger partial charge >= 0.3 is 6.61 Å². The summed E-state index contributed by atoms with van der Waals surface area (Å²) in [6.07, 6.45) is 5.03. The van der Waals surface area contributed by atoms with E-state index in [1.165, 1.54) is 12.4 Å². The zero-order valence-electron chi connectivity index (χ0n) is 12.7. The van der Waals surface area contributed by atoms with Crippen molar-refractivity contribution >= 4 is 23.2 Å². The molecule has 0 saturated carbocycles. The van der Waals surface area contributed by atoms with Crippen LogP contribution < -0.4 is 10.1 Å². The van der Waals surface area contributed by atoms with Gasteiger partial charge in [-0.3, -0.25) is 14.9 Å². The van der Waals surface area contributed by atoms with E-state index < -0.39 is 29.6 Å². The number of ether oxygens (including phenoxy) is 1. The standard InChI is InChI=1S/C15H9ClF3N5O2/c16-8-1-2-11(26-15(18)19)12(13(8)17)9-5-20-6-10(24-9)14(25)23-7-3-21-22-4-7/h1-6,15H,(H,21,22)(H,23,25). The minimum absolute atomic E-state index is 0.175. The quantitative estimate of drug-likeness (QED) is 0.703. The van der Waals surface area contributed by atoms with Crippen molar-refractivity contribution in [1.82, 2.24) is 20.2 Å². The van der Waals surface area contributed by atoms with E-state index in [1.807, 2.05) is 0 Å². The van der Waals surface area contributed by atoms with E-state index >= 15 is 0 Å². The van der Waals surface area contributed by atoms with Crippen molar-refractivity contribution in [2.75, 3.05) is 5.32 Å². The van der Waals surface area contributed by atoms with Gasteiger partial charge in [-0.15, -0.1) is 0 Å². The number of alkyl halides is 2. The summed E-state index contributed by atoms with van der Waals surface area (Å²) in [7, 11) is 0. The smallest absolute Gasteiger partial charge is 0.387 e. The molecule has 0 saturated heterocycles. The maximum absolute atomic E-state index is 14.4. The van der Waals surface area contributed by atoms with Crippen molar-refractivity contribution in [3.8, 4) is 17.0 Å². The largest absolute Gasteiger partial charge is 0.434 e. The van der Waals surface area contributed by atoms with Gasteiger partial charge in [0.2, 0.25) is 0 Å². The molecule has 3 rings (SSSR count). The van der Waals surface area contributed by atoms with Crippen LogP contribution in [0.1, 0.15) is 10.5 Å². The van der Waals surface area contributed by atoms with E-state index in [-0.39, 0.29) is 16.4 Å². The van der Waals surface area contributed by atoms with Crippen LogP contribution in [0, 0.1) is 5.82 Å². The monoisotopic (exact) mass is 383 g/mol. The molecular weight excluding hydrogens is 375 g/mol. The Morgan fingerprint density at radius 2 is 2.08 bits per heavy atom. The van der Waals surface area contributed by atoms with Crippen LogP contribution in [-0.2, 0) is 0 Å². The average molecular weight is 384 g/mol. The average Bonchev–Trinajstić information content (AvgIpc) is 3.11. The lowest BCUT2D eigenvalue weighted by Crippen LogP contribution is -2.14. The lowest BCUT2D eigenvalue weighted by Gasteiger charge is -2.12. The van der Waals surface area contributed by atoms with Crippen LogP contribution in [0.15, 0.2) is 36.9 Å². The van der Waals surface area contributed by atoms with E-state index in [0.29, 0.717) is 5.69 Å². The maximum atomic E-state index is 14.4. The molecule has 1 aromatic carbocycles. The molecule has 0 aliphatic rings. The molecule has 2 N–H and O–H groups in total. The zero-order chi connectivity index (χ0) is 18.7. The summed E-state index contributed by atoms with van der Waals surface area (Å²) in [4.78, 5) is 20.0. The van der Waals surface area contributed by atoms with E-state index in [4.69, 9.17) is 11.6 Å². The topological polar surface area (TPSA) is 92.8 Å². The molecule has 0 atom stereocenters. The third kappa shape index (κ3) is 3.75. The van der Waals surface area contributed by atoms with Crippen LogP contribution in [0.2, 0.25) is 5.02 Å². The fourth-order valence-electron chi connectivity index (χ4n) is 2.08. The number of H-pyrrole nitrogens is 1. The van der Waals surface area contributed by atoms with Gasteiger partial charge in [-0.1, -0.05) is 11.6 Å². The van der Waals surface area contributed by atoms with E-state index in [2.05, 4.69) is 30.2 Å². The van der Waals surface area contributed by atoms with Gasteiger partial charge in [-0.25, -0.2) is 9.37 Å². The van der Waals surface area contributed by atoms with Crippen molar-refractivity contribution in [2.45, 2.75) is 6.61 Å². The Bertz CT molecular complexity index is 937. The van der Waals surface area contributed by atoms with Crippen molar-refractivity contribution in [3.05, 3.63) is 53.5 Å². The number of nitrogens with zero attached hydrogens (tertiary/aromatic N) is 3. The number of carbonyl (C=O) groups is 1. The highest BCUT2D eigenvalue weighted by Crippen LogP contribution is 2.35. The molecule has 2 aromatic heterocycles. The number of hydrogen-bond donors (Lipinski definition) is 2. The summed E-state index contributed by atoms with van der Waals surface area (Å²) in [5.41, 5.74) is -0.423. The molecule has 3 aromatic rings. The van der Waals surface area contributed by atoms with Crippen LogP contribution in [0.3, 0.4) is 0 Å². The lowest BCUT2D eigenvalue weighted by atomic mass is 10.1. The van der Waals surface area contributed by atoms with Crippen molar-refractivity contribution in [2.24, 2.45) is 0 Å². The highest BCUT2D eigenvalue weighted by atomic mass is 35.5. The lowest BCUT2D eigenvalue weighted by molar-refractivity contribution is -0.0495. The number of benzene rings is 1. The summed E-state index contributed by atoms with van der Waals surface area (Å²) in [6, 6.07) is 2.15. The first kappa shape index (κ1) is 17.7. The zero-order valence-corrected chi connectivity index (χ0v) is 13.5.